The Morgan fingerprint density at radius 2 is 1.62 bits per heavy atom. The highest BCUT2D eigenvalue weighted by atomic mass is 32.2. The fourth-order valence-electron chi connectivity index (χ4n) is 3.87. The number of esters is 1. The van der Waals surface area contributed by atoms with E-state index in [1.165, 1.54) is 37.3 Å². The SMILES string of the molecule is CC(=O)OCCCN(C)c1ccc(/N=N/C2(c3c(F)c(F)c(F)c(F)c3F)Nc3ccc(C(=O)O)cc3S2)cc1. The van der Waals surface area contributed by atoms with Gasteiger partial charge in [0.05, 0.1) is 29.1 Å². The van der Waals surface area contributed by atoms with Crippen molar-refractivity contribution in [2.75, 3.05) is 30.4 Å². The molecule has 0 spiro atoms. The molecular formula is C26H21F5N4O4S. The minimum absolute atomic E-state index is 0.147. The highest BCUT2D eigenvalue weighted by molar-refractivity contribution is 8.00. The highest BCUT2D eigenvalue weighted by Gasteiger charge is 2.47. The van der Waals surface area contributed by atoms with Crippen LogP contribution in [0.3, 0.4) is 0 Å². The molecule has 0 aromatic heterocycles. The van der Waals surface area contributed by atoms with Gasteiger partial charge < -0.3 is 20.1 Å². The molecule has 14 heteroatoms. The van der Waals surface area contributed by atoms with Crippen LogP contribution in [0, 0.1) is 29.1 Å². The van der Waals surface area contributed by atoms with Crippen molar-refractivity contribution >= 4 is 40.8 Å². The zero-order chi connectivity index (χ0) is 29.2. The molecule has 1 atom stereocenters. The number of benzene rings is 3. The maximum atomic E-state index is 15.0. The summed E-state index contributed by atoms with van der Waals surface area (Å²) in [5.74, 6) is -12.5. The number of nitrogens with one attached hydrogen (secondary N) is 1. The van der Waals surface area contributed by atoms with Crippen molar-refractivity contribution in [1.29, 1.82) is 0 Å². The first kappa shape index (κ1) is 28.8. The van der Waals surface area contributed by atoms with E-state index in [1.807, 2.05) is 11.9 Å². The van der Waals surface area contributed by atoms with Crippen LogP contribution in [-0.4, -0.2) is 37.2 Å². The molecule has 0 aliphatic carbocycles. The number of hydrogen-bond acceptors (Lipinski definition) is 8. The average Bonchev–Trinajstić information content (AvgIpc) is 3.30. The van der Waals surface area contributed by atoms with Crippen LogP contribution in [0.2, 0.25) is 0 Å². The first-order valence-corrected chi connectivity index (χ1v) is 12.5. The van der Waals surface area contributed by atoms with Gasteiger partial charge in [-0.05, 0) is 48.9 Å². The average molecular weight is 581 g/mol. The standard InChI is InChI=1S/C26H21F5N4O4S/c1-13(36)39-11-3-10-35(2)16-7-5-15(6-8-16)33-34-26(19-20(27)22(29)24(31)23(30)21(19)28)32-17-9-4-14(25(37)38)12-18(17)40-26/h4-9,12,32H,3,10-11H2,1-2H3,(H,37,38)/b34-33+. The lowest BCUT2D eigenvalue weighted by Gasteiger charge is -2.25. The molecule has 0 radical (unpaired) electrons. The Bertz CT molecular complexity index is 1480. The number of carboxylic acid groups (broad SMARTS) is 1. The zero-order valence-corrected chi connectivity index (χ0v) is 21.8. The third kappa shape index (κ3) is 5.71. The van der Waals surface area contributed by atoms with Crippen LogP contribution >= 0.6 is 11.8 Å². The summed E-state index contributed by atoms with van der Waals surface area (Å²) >= 11 is 0.546. The predicted octanol–water partition coefficient (Wildman–Crippen LogP) is 6.58. The van der Waals surface area contributed by atoms with Gasteiger partial charge in [0.25, 0.3) is 0 Å². The normalized spacial score (nSPS) is 16.1. The van der Waals surface area contributed by atoms with Crippen LogP contribution in [0.1, 0.15) is 29.3 Å². The lowest BCUT2D eigenvalue weighted by molar-refractivity contribution is -0.140. The van der Waals surface area contributed by atoms with Crippen LogP contribution in [0.15, 0.2) is 57.6 Å². The Balaban J connectivity index is 1.68. The van der Waals surface area contributed by atoms with E-state index >= 15 is 0 Å². The van der Waals surface area contributed by atoms with Crippen molar-refractivity contribution in [1.82, 2.24) is 0 Å². The highest BCUT2D eigenvalue weighted by Crippen LogP contribution is 2.54. The van der Waals surface area contributed by atoms with Crippen LogP contribution in [0.25, 0.3) is 0 Å². The van der Waals surface area contributed by atoms with Crippen molar-refractivity contribution in [3.63, 3.8) is 0 Å². The lowest BCUT2D eigenvalue weighted by Crippen LogP contribution is -2.30. The number of hydrogen-bond donors (Lipinski definition) is 2. The van der Waals surface area contributed by atoms with E-state index < -0.39 is 45.6 Å². The van der Waals surface area contributed by atoms with Crippen molar-refractivity contribution in [2.24, 2.45) is 10.2 Å². The number of carboxylic acids is 1. The molecule has 0 amide bonds. The number of halogens is 5. The number of thioether (sulfide) groups is 1. The van der Waals surface area contributed by atoms with Gasteiger partial charge in [0.2, 0.25) is 10.8 Å². The van der Waals surface area contributed by atoms with E-state index in [0.717, 1.165) is 5.69 Å². The largest absolute Gasteiger partial charge is 0.478 e. The molecule has 4 rings (SSSR count). The number of nitrogens with zero attached hydrogens (tertiary/aromatic N) is 3. The summed E-state index contributed by atoms with van der Waals surface area (Å²) in [6.45, 7) is 2.14. The quantitative estimate of drug-likeness (QED) is 0.0736. The summed E-state index contributed by atoms with van der Waals surface area (Å²) in [5, 5.41) is 20.0. The molecule has 3 aromatic rings. The number of carbonyl (C=O) groups excluding carboxylic acids is 1. The molecule has 0 saturated heterocycles. The van der Waals surface area contributed by atoms with E-state index in [2.05, 4.69) is 15.5 Å². The molecule has 1 aliphatic rings. The van der Waals surface area contributed by atoms with Gasteiger partial charge in [0, 0.05) is 31.1 Å². The molecule has 1 aliphatic heterocycles. The van der Waals surface area contributed by atoms with Gasteiger partial charge >= 0.3 is 11.9 Å². The summed E-state index contributed by atoms with van der Waals surface area (Å²) in [7, 11) is 1.81. The fourth-order valence-corrected chi connectivity index (χ4v) is 5.13. The summed E-state index contributed by atoms with van der Waals surface area (Å²) in [5.41, 5.74) is -0.327. The molecule has 8 nitrogen and oxygen atoms in total. The molecule has 3 aromatic carbocycles. The van der Waals surface area contributed by atoms with Gasteiger partial charge in [-0.1, -0.05) is 11.8 Å². The smallest absolute Gasteiger partial charge is 0.335 e. The number of rotatable bonds is 9. The van der Waals surface area contributed by atoms with Gasteiger partial charge in [-0.15, -0.1) is 5.11 Å². The molecule has 1 heterocycles. The number of fused-ring (bicyclic) bond motifs is 1. The van der Waals surface area contributed by atoms with Gasteiger partial charge in [-0.3, -0.25) is 4.79 Å². The molecule has 0 saturated carbocycles. The van der Waals surface area contributed by atoms with E-state index in [1.54, 1.807) is 12.1 Å². The van der Waals surface area contributed by atoms with Crippen LogP contribution in [0.4, 0.5) is 39.0 Å². The maximum Gasteiger partial charge on any atom is 0.335 e. The Morgan fingerprint density at radius 3 is 2.23 bits per heavy atom. The Labute approximate surface area is 228 Å². The van der Waals surface area contributed by atoms with Gasteiger partial charge in [-0.2, -0.15) is 5.11 Å². The molecule has 0 fully saturated rings. The molecular weight excluding hydrogens is 559 g/mol. The summed E-state index contributed by atoms with van der Waals surface area (Å²) in [6.07, 6.45) is 0.578. The third-order valence-corrected chi connectivity index (χ3v) is 7.12. The van der Waals surface area contributed by atoms with E-state index in [0.29, 0.717) is 24.7 Å². The monoisotopic (exact) mass is 580 g/mol. The molecule has 40 heavy (non-hydrogen) atoms. The third-order valence-electron chi connectivity index (χ3n) is 5.88. The first-order chi connectivity index (χ1) is 18.9. The van der Waals surface area contributed by atoms with Crippen LogP contribution in [0.5, 0.6) is 0 Å². The number of ether oxygens (including phenoxy) is 1. The lowest BCUT2D eigenvalue weighted by atomic mass is 10.1. The van der Waals surface area contributed by atoms with Crippen molar-refractivity contribution < 1.29 is 41.4 Å². The second-order valence-corrected chi connectivity index (χ2v) is 9.90. The van der Waals surface area contributed by atoms with Crippen LogP contribution in [-0.2, 0) is 14.5 Å². The number of azo groups is 1. The fraction of sp³-hybridized carbons (Fsp3) is 0.231. The van der Waals surface area contributed by atoms with Crippen molar-refractivity contribution in [3.05, 3.63) is 82.7 Å². The van der Waals surface area contributed by atoms with Crippen molar-refractivity contribution in [2.45, 2.75) is 23.2 Å². The van der Waals surface area contributed by atoms with Crippen LogP contribution < -0.4 is 10.2 Å². The minimum Gasteiger partial charge on any atom is -0.478 e. The van der Waals surface area contributed by atoms with E-state index in [9.17, 15) is 36.6 Å². The first-order valence-electron chi connectivity index (χ1n) is 11.7. The summed E-state index contributed by atoms with van der Waals surface area (Å²) in [6, 6.07) is 10.1. The molecule has 210 valence electrons. The maximum absolute atomic E-state index is 15.0. The van der Waals surface area contributed by atoms with E-state index in [4.69, 9.17) is 4.74 Å². The Hall–Kier alpha value is -4.20. The molecule has 2 N–H and O–H groups in total. The van der Waals surface area contributed by atoms with Crippen molar-refractivity contribution in [3.8, 4) is 0 Å². The Morgan fingerprint density at radius 1 is 1.00 bits per heavy atom. The molecule has 1 unspecified atom stereocenters. The number of aromatic carboxylic acids is 1. The second-order valence-electron chi connectivity index (χ2n) is 8.66. The predicted molar refractivity (Wildman–Crippen MR) is 136 cm³/mol. The minimum atomic E-state index is -2.35. The van der Waals surface area contributed by atoms with Gasteiger partial charge in [0.15, 0.2) is 23.3 Å². The molecule has 0 bridgehead atoms. The Kier molecular flexibility index (Phi) is 8.28. The topological polar surface area (TPSA) is 104 Å². The number of carbonyl (C=O) groups is 2. The summed E-state index contributed by atoms with van der Waals surface area (Å²) < 4.78 is 77.0. The van der Waals surface area contributed by atoms with Gasteiger partial charge in [-0.25, -0.2) is 26.7 Å². The van der Waals surface area contributed by atoms with Gasteiger partial charge in [0.1, 0.15) is 0 Å². The number of anilines is 2. The van der Waals surface area contributed by atoms with E-state index in [-0.39, 0.29) is 34.4 Å². The zero-order valence-electron chi connectivity index (χ0n) is 21.0. The second kappa shape index (κ2) is 11.5. The summed E-state index contributed by atoms with van der Waals surface area (Å²) in [4.78, 5) is 22.0.